The molecular formula is C23H21BO. The van der Waals surface area contributed by atoms with Crippen molar-refractivity contribution in [1.82, 2.24) is 0 Å². The Bertz CT molecular complexity index is 1130. The van der Waals surface area contributed by atoms with Crippen LogP contribution in [0.15, 0.2) is 59.0 Å². The van der Waals surface area contributed by atoms with Gasteiger partial charge in [-0.25, -0.2) is 0 Å². The number of hydrogen-bond acceptors (Lipinski definition) is 1. The van der Waals surface area contributed by atoms with Crippen LogP contribution in [0.3, 0.4) is 0 Å². The largest absolute Gasteiger partial charge is 0.456 e. The molecule has 0 amide bonds. The Balaban J connectivity index is 2.01. The summed E-state index contributed by atoms with van der Waals surface area (Å²) in [5, 5.41) is 2.51. The average molecular weight is 324 g/mol. The fraction of sp³-hybridized carbons (Fsp3) is 0.217. The van der Waals surface area contributed by atoms with E-state index in [0.29, 0.717) is 0 Å². The van der Waals surface area contributed by atoms with Gasteiger partial charge in [0.25, 0.3) is 0 Å². The number of fused-ring (bicyclic) bond motifs is 7. The fourth-order valence-electron chi connectivity index (χ4n) is 4.92. The van der Waals surface area contributed by atoms with Crippen LogP contribution in [-0.2, 0) is 5.41 Å². The second-order valence-corrected chi connectivity index (χ2v) is 7.30. The van der Waals surface area contributed by atoms with Gasteiger partial charge >= 0.3 is 0 Å². The lowest BCUT2D eigenvalue weighted by Crippen LogP contribution is -2.24. The molecule has 0 bridgehead atoms. The molecule has 1 heterocycles. The number of para-hydroxylation sites is 1. The second-order valence-electron chi connectivity index (χ2n) is 7.30. The molecule has 0 spiro atoms. The van der Waals surface area contributed by atoms with Gasteiger partial charge in [-0.1, -0.05) is 61.8 Å². The van der Waals surface area contributed by atoms with Crippen molar-refractivity contribution in [2.75, 3.05) is 0 Å². The van der Waals surface area contributed by atoms with E-state index in [2.05, 4.69) is 70.2 Å². The third-order valence-corrected chi connectivity index (χ3v) is 6.23. The molecule has 0 N–H and O–H groups in total. The maximum absolute atomic E-state index is 6.15. The van der Waals surface area contributed by atoms with Gasteiger partial charge in [0.15, 0.2) is 0 Å². The maximum Gasteiger partial charge on any atom is 0.139 e. The first-order valence-electron chi connectivity index (χ1n) is 9.26. The van der Waals surface area contributed by atoms with Crippen molar-refractivity contribution >= 4 is 35.2 Å². The van der Waals surface area contributed by atoms with Crippen LogP contribution in [-0.4, -0.2) is 7.85 Å². The quantitative estimate of drug-likeness (QED) is 0.477. The highest BCUT2D eigenvalue weighted by molar-refractivity contribution is 6.32. The third-order valence-electron chi connectivity index (χ3n) is 6.23. The van der Waals surface area contributed by atoms with Gasteiger partial charge in [-0.15, -0.1) is 0 Å². The Kier molecular flexibility index (Phi) is 2.98. The lowest BCUT2D eigenvalue weighted by molar-refractivity contribution is 0.491. The summed E-state index contributed by atoms with van der Waals surface area (Å²) in [5.41, 5.74) is 9.17. The molecule has 0 saturated heterocycles. The van der Waals surface area contributed by atoms with Crippen LogP contribution in [0.25, 0.3) is 33.1 Å². The van der Waals surface area contributed by atoms with Crippen LogP contribution < -0.4 is 5.46 Å². The summed E-state index contributed by atoms with van der Waals surface area (Å²) in [7, 11) is 2.20. The van der Waals surface area contributed by atoms with E-state index in [1.807, 2.05) is 6.07 Å². The van der Waals surface area contributed by atoms with Gasteiger partial charge in [-0.2, -0.15) is 0 Å². The van der Waals surface area contributed by atoms with Crippen molar-refractivity contribution in [3.63, 3.8) is 0 Å². The second kappa shape index (κ2) is 5.01. The van der Waals surface area contributed by atoms with Crippen LogP contribution in [0.5, 0.6) is 0 Å². The molecule has 0 aliphatic heterocycles. The molecule has 4 aromatic rings. The molecule has 122 valence electrons. The molecule has 0 unspecified atom stereocenters. The van der Waals surface area contributed by atoms with Gasteiger partial charge < -0.3 is 4.42 Å². The minimum absolute atomic E-state index is 0.114. The zero-order valence-corrected chi connectivity index (χ0v) is 15.0. The molecule has 1 nitrogen and oxygen atoms in total. The van der Waals surface area contributed by atoms with Crippen molar-refractivity contribution in [3.05, 3.63) is 65.7 Å². The minimum atomic E-state index is 0.114. The van der Waals surface area contributed by atoms with Gasteiger partial charge in [0, 0.05) is 16.2 Å². The fourth-order valence-corrected chi connectivity index (χ4v) is 4.92. The minimum Gasteiger partial charge on any atom is -0.456 e. The third kappa shape index (κ3) is 1.75. The van der Waals surface area contributed by atoms with Crippen molar-refractivity contribution in [2.45, 2.75) is 32.1 Å². The topological polar surface area (TPSA) is 13.1 Å². The maximum atomic E-state index is 6.15. The molecule has 0 saturated carbocycles. The lowest BCUT2D eigenvalue weighted by Gasteiger charge is -2.29. The van der Waals surface area contributed by atoms with Gasteiger partial charge in [0.05, 0.1) is 0 Å². The van der Waals surface area contributed by atoms with E-state index in [4.69, 9.17) is 4.42 Å². The van der Waals surface area contributed by atoms with Gasteiger partial charge in [-0.3, -0.25) is 0 Å². The first-order chi connectivity index (χ1) is 12.2. The molecule has 0 atom stereocenters. The Morgan fingerprint density at radius 3 is 2.48 bits per heavy atom. The van der Waals surface area contributed by atoms with Gasteiger partial charge in [0.2, 0.25) is 0 Å². The summed E-state index contributed by atoms with van der Waals surface area (Å²) in [4.78, 5) is 0. The predicted molar refractivity (Wildman–Crippen MR) is 109 cm³/mol. The molecule has 3 aromatic carbocycles. The monoisotopic (exact) mass is 324 g/mol. The van der Waals surface area contributed by atoms with E-state index in [0.717, 1.165) is 24.0 Å². The average Bonchev–Trinajstić information content (AvgIpc) is 3.14. The van der Waals surface area contributed by atoms with Crippen molar-refractivity contribution < 1.29 is 4.42 Å². The van der Waals surface area contributed by atoms with E-state index >= 15 is 0 Å². The molecule has 25 heavy (non-hydrogen) atoms. The number of furan rings is 1. The van der Waals surface area contributed by atoms with E-state index in [1.54, 1.807) is 0 Å². The van der Waals surface area contributed by atoms with E-state index in [1.165, 1.54) is 38.5 Å². The first kappa shape index (κ1) is 14.8. The highest BCUT2D eigenvalue weighted by Crippen LogP contribution is 2.55. The highest BCUT2D eigenvalue weighted by Gasteiger charge is 2.41. The molecule has 2 heteroatoms. The van der Waals surface area contributed by atoms with E-state index in [9.17, 15) is 0 Å². The van der Waals surface area contributed by atoms with Gasteiger partial charge in [-0.05, 0) is 47.2 Å². The van der Waals surface area contributed by atoms with E-state index in [-0.39, 0.29) is 5.41 Å². The molecular weight excluding hydrogens is 303 g/mol. The van der Waals surface area contributed by atoms with Crippen LogP contribution in [0, 0.1) is 0 Å². The molecule has 5 rings (SSSR count). The van der Waals surface area contributed by atoms with Crippen molar-refractivity contribution in [2.24, 2.45) is 0 Å². The van der Waals surface area contributed by atoms with Crippen LogP contribution in [0.4, 0.5) is 0 Å². The predicted octanol–water partition coefficient (Wildman–Crippen LogP) is 4.93. The molecule has 1 aliphatic rings. The van der Waals surface area contributed by atoms with Crippen molar-refractivity contribution in [3.8, 4) is 11.1 Å². The summed E-state index contributed by atoms with van der Waals surface area (Å²) in [5.74, 6) is 0. The van der Waals surface area contributed by atoms with Crippen molar-refractivity contribution in [1.29, 1.82) is 0 Å². The summed E-state index contributed by atoms with van der Waals surface area (Å²) in [6, 6.07) is 19.8. The van der Waals surface area contributed by atoms with E-state index < -0.39 is 0 Å². The highest BCUT2D eigenvalue weighted by atomic mass is 16.3. The molecule has 0 fully saturated rings. The zero-order chi connectivity index (χ0) is 17.2. The number of benzene rings is 3. The summed E-state index contributed by atoms with van der Waals surface area (Å²) < 4.78 is 6.15. The summed E-state index contributed by atoms with van der Waals surface area (Å²) in [6.45, 7) is 4.64. The smallest absolute Gasteiger partial charge is 0.139 e. The first-order valence-corrected chi connectivity index (χ1v) is 9.26. The Hall–Kier alpha value is -2.48. The number of rotatable bonds is 2. The normalized spacial score (nSPS) is 14.8. The molecule has 0 radical (unpaired) electrons. The van der Waals surface area contributed by atoms with Crippen LogP contribution in [0.2, 0.25) is 0 Å². The van der Waals surface area contributed by atoms with Crippen LogP contribution >= 0.6 is 0 Å². The molecule has 1 aromatic heterocycles. The SMILES string of the molecule is Bc1ccc2c(c1)C(CC)(CC)c1ccc3oc4ccccc4c3c1-2. The lowest BCUT2D eigenvalue weighted by atomic mass is 9.73. The summed E-state index contributed by atoms with van der Waals surface area (Å²) in [6.07, 6.45) is 2.24. The molecule has 1 aliphatic carbocycles. The Labute approximate surface area is 149 Å². The summed E-state index contributed by atoms with van der Waals surface area (Å²) >= 11 is 0. The Morgan fingerprint density at radius 2 is 1.68 bits per heavy atom. The Morgan fingerprint density at radius 1 is 0.880 bits per heavy atom. The standard InChI is InChI=1S/C23H21BO/c1-3-23(4-2)17-11-12-20-22(16-7-5-6-8-19(16)25-20)21(17)15-10-9-14(24)13-18(15)23/h5-13H,3-4,24H2,1-2H3. The number of hydrogen-bond donors (Lipinski definition) is 0. The van der Waals surface area contributed by atoms with Gasteiger partial charge in [0.1, 0.15) is 19.0 Å². The van der Waals surface area contributed by atoms with Crippen LogP contribution in [0.1, 0.15) is 37.8 Å². The zero-order valence-electron chi connectivity index (χ0n) is 15.0.